The zero-order valence-corrected chi connectivity index (χ0v) is 18.9. The Hall–Kier alpha value is -3.17. The molecule has 0 atom stereocenters. The third-order valence-corrected chi connectivity index (χ3v) is 5.78. The Labute approximate surface area is 192 Å². The van der Waals surface area contributed by atoms with Crippen molar-refractivity contribution < 1.29 is 9.53 Å². The molecule has 4 rings (SSSR count). The van der Waals surface area contributed by atoms with Crippen LogP contribution >= 0.6 is 27.7 Å². The number of carbonyl (C=O) groups excluding carboxylic acids is 1. The summed E-state index contributed by atoms with van der Waals surface area (Å²) in [5.41, 5.74) is 2.41. The van der Waals surface area contributed by atoms with E-state index in [0.29, 0.717) is 22.4 Å². The van der Waals surface area contributed by atoms with Crippen LogP contribution in [0.4, 0.5) is 5.69 Å². The second kappa shape index (κ2) is 9.76. The summed E-state index contributed by atoms with van der Waals surface area (Å²) in [7, 11) is 1.59. The second-order valence-corrected chi connectivity index (χ2v) is 8.29. The molecule has 7 nitrogen and oxygen atoms in total. The maximum atomic E-state index is 12.5. The molecule has 0 spiro atoms. The molecule has 156 valence electrons. The number of hydrogen-bond acceptors (Lipinski definition) is 6. The van der Waals surface area contributed by atoms with E-state index in [9.17, 15) is 4.79 Å². The number of carbonyl (C=O) groups is 1. The minimum Gasteiger partial charge on any atom is -0.497 e. The van der Waals surface area contributed by atoms with Crippen molar-refractivity contribution in [2.75, 3.05) is 18.2 Å². The van der Waals surface area contributed by atoms with Gasteiger partial charge in [0.1, 0.15) is 5.75 Å². The highest BCUT2D eigenvalue weighted by molar-refractivity contribution is 9.10. The minimum atomic E-state index is -0.147. The van der Waals surface area contributed by atoms with Crippen molar-refractivity contribution in [3.8, 4) is 22.8 Å². The highest BCUT2D eigenvalue weighted by atomic mass is 79.9. The predicted octanol–water partition coefficient (Wildman–Crippen LogP) is 4.83. The molecule has 0 unspecified atom stereocenters. The topological polar surface area (TPSA) is 81.9 Å². The fraction of sp³-hybridized carbons (Fsp3) is 0.0909. The molecule has 2 aromatic carbocycles. The smallest absolute Gasteiger partial charge is 0.234 e. The summed E-state index contributed by atoms with van der Waals surface area (Å²) in [5, 5.41) is 12.2. The van der Waals surface area contributed by atoms with Crippen LogP contribution in [0.3, 0.4) is 0 Å². The van der Waals surface area contributed by atoms with Crippen molar-refractivity contribution in [1.82, 2.24) is 19.7 Å². The molecule has 0 aliphatic heterocycles. The number of nitrogens with one attached hydrogen (secondary N) is 1. The number of pyridine rings is 1. The van der Waals surface area contributed by atoms with Gasteiger partial charge in [0, 0.05) is 39.9 Å². The van der Waals surface area contributed by atoms with Crippen LogP contribution in [0.15, 0.2) is 82.7 Å². The number of thioether (sulfide) groups is 1. The van der Waals surface area contributed by atoms with Crippen LogP contribution in [-0.4, -0.2) is 38.5 Å². The van der Waals surface area contributed by atoms with E-state index >= 15 is 0 Å². The number of hydrogen-bond donors (Lipinski definition) is 1. The lowest BCUT2D eigenvalue weighted by Gasteiger charge is -2.11. The minimum absolute atomic E-state index is 0.147. The molecule has 1 amide bonds. The summed E-state index contributed by atoms with van der Waals surface area (Å²) in [6.45, 7) is 0. The van der Waals surface area contributed by atoms with Gasteiger partial charge in [-0.05, 0) is 48.5 Å². The molecule has 4 aromatic rings. The van der Waals surface area contributed by atoms with E-state index in [1.165, 1.54) is 11.8 Å². The average Bonchev–Trinajstić information content (AvgIpc) is 3.23. The third-order valence-electron chi connectivity index (χ3n) is 4.32. The van der Waals surface area contributed by atoms with Gasteiger partial charge in [0.05, 0.1) is 12.9 Å². The van der Waals surface area contributed by atoms with Crippen LogP contribution in [0.2, 0.25) is 0 Å². The molecule has 0 radical (unpaired) electrons. The summed E-state index contributed by atoms with van der Waals surface area (Å²) in [4.78, 5) is 16.7. The zero-order chi connectivity index (χ0) is 21.6. The number of ether oxygens (including phenoxy) is 1. The van der Waals surface area contributed by atoms with Gasteiger partial charge in [-0.15, -0.1) is 10.2 Å². The lowest BCUT2D eigenvalue weighted by molar-refractivity contribution is -0.113. The number of amides is 1. The van der Waals surface area contributed by atoms with Crippen molar-refractivity contribution in [2.45, 2.75) is 5.16 Å². The summed E-state index contributed by atoms with van der Waals surface area (Å²) in [6.07, 6.45) is 3.45. The summed E-state index contributed by atoms with van der Waals surface area (Å²) in [5.74, 6) is 1.37. The lowest BCUT2D eigenvalue weighted by Crippen LogP contribution is -2.14. The van der Waals surface area contributed by atoms with Gasteiger partial charge in [0.15, 0.2) is 11.0 Å². The predicted molar refractivity (Wildman–Crippen MR) is 125 cm³/mol. The highest BCUT2D eigenvalue weighted by Gasteiger charge is 2.17. The van der Waals surface area contributed by atoms with E-state index in [1.807, 2.05) is 59.2 Å². The highest BCUT2D eigenvalue weighted by Crippen LogP contribution is 2.28. The zero-order valence-electron chi connectivity index (χ0n) is 16.5. The molecule has 0 bridgehead atoms. The Morgan fingerprint density at radius 2 is 1.97 bits per heavy atom. The molecule has 0 saturated carbocycles. The number of methoxy groups -OCH3 is 1. The van der Waals surface area contributed by atoms with Crippen molar-refractivity contribution in [1.29, 1.82) is 0 Å². The number of aromatic nitrogens is 4. The Kier molecular flexibility index (Phi) is 6.63. The van der Waals surface area contributed by atoms with Gasteiger partial charge < -0.3 is 10.1 Å². The molecule has 2 aromatic heterocycles. The Morgan fingerprint density at radius 1 is 1.13 bits per heavy atom. The first-order chi connectivity index (χ1) is 15.1. The first-order valence-electron chi connectivity index (χ1n) is 9.32. The van der Waals surface area contributed by atoms with Gasteiger partial charge in [0.2, 0.25) is 5.91 Å². The number of halogens is 1. The van der Waals surface area contributed by atoms with Crippen molar-refractivity contribution in [3.63, 3.8) is 0 Å². The van der Waals surface area contributed by atoms with Crippen LogP contribution in [0.25, 0.3) is 17.1 Å². The van der Waals surface area contributed by atoms with Crippen LogP contribution < -0.4 is 10.1 Å². The van der Waals surface area contributed by atoms with Crippen molar-refractivity contribution in [2.24, 2.45) is 0 Å². The SMILES string of the molecule is COc1cccc(NC(=O)CSc2nnc(-c3cccnc3)n2-c2ccc(Br)cc2)c1. The van der Waals surface area contributed by atoms with Crippen LogP contribution in [0, 0.1) is 0 Å². The van der Waals surface area contributed by atoms with Crippen LogP contribution in [0.1, 0.15) is 0 Å². The summed E-state index contributed by atoms with van der Waals surface area (Å²) < 4.78 is 8.09. The van der Waals surface area contributed by atoms with E-state index in [-0.39, 0.29) is 11.7 Å². The Morgan fingerprint density at radius 3 is 2.71 bits per heavy atom. The van der Waals surface area contributed by atoms with E-state index in [4.69, 9.17) is 4.74 Å². The third kappa shape index (κ3) is 5.12. The first-order valence-corrected chi connectivity index (χ1v) is 11.1. The molecule has 0 aliphatic carbocycles. The van der Waals surface area contributed by atoms with Gasteiger partial charge in [0.25, 0.3) is 0 Å². The number of nitrogens with zero attached hydrogens (tertiary/aromatic N) is 4. The van der Waals surface area contributed by atoms with Gasteiger partial charge in [-0.25, -0.2) is 0 Å². The summed E-state index contributed by atoms with van der Waals surface area (Å²) in [6, 6.07) is 18.8. The van der Waals surface area contributed by atoms with Gasteiger partial charge >= 0.3 is 0 Å². The molecule has 31 heavy (non-hydrogen) atoms. The molecule has 0 saturated heterocycles. The monoisotopic (exact) mass is 495 g/mol. The van der Waals surface area contributed by atoms with Crippen LogP contribution in [0.5, 0.6) is 5.75 Å². The Bertz CT molecular complexity index is 1180. The molecule has 1 N–H and O–H groups in total. The molecular weight excluding hydrogens is 478 g/mol. The van der Waals surface area contributed by atoms with Gasteiger partial charge in [-0.1, -0.05) is 33.8 Å². The Balaban J connectivity index is 1.57. The number of rotatable bonds is 7. The standard InChI is InChI=1S/C22H18BrN5O2S/c1-30-19-6-2-5-17(12-19)25-20(29)14-31-22-27-26-21(15-4-3-11-24-13-15)28(22)18-9-7-16(23)8-10-18/h2-13H,14H2,1H3,(H,25,29). The van der Waals surface area contributed by atoms with Gasteiger partial charge in [-0.3, -0.25) is 14.3 Å². The largest absolute Gasteiger partial charge is 0.497 e. The maximum absolute atomic E-state index is 12.5. The second-order valence-electron chi connectivity index (χ2n) is 6.43. The van der Waals surface area contributed by atoms with E-state index < -0.39 is 0 Å². The van der Waals surface area contributed by atoms with E-state index in [2.05, 4.69) is 36.4 Å². The maximum Gasteiger partial charge on any atom is 0.234 e. The fourth-order valence-electron chi connectivity index (χ4n) is 2.90. The molecule has 9 heteroatoms. The lowest BCUT2D eigenvalue weighted by atomic mass is 10.2. The quantitative estimate of drug-likeness (QED) is 0.369. The molecule has 2 heterocycles. The van der Waals surface area contributed by atoms with E-state index in [0.717, 1.165) is 15.7 Å². The van der Waals surface area contributed by atoms with Gasteiger partial charge in [-0.2, -0.15) is 0 Å². The fourth-order valence-corrected chi connectivity index (χ4v) is 3.91. The van der Waals surface area contributed by atoms with Crippen molar-refractivity contribution >= 4 is 39.3 Å². The molecule has 0 fully saturated rings. The normalized spacial score (nSPS) is 10.6. The summed E-state index contributed by atoms with van der Waals surface area (Å²) >= 11 is 4.78. The number of benzene rings is 2. The van der Waals surface area contributed by atoms with E-state index in [1.54, 1.807) is 25.6 Å². The molecular formula is C22H18BrN5O2S. The average molecular weight is 496 g/mol. The van der Waals surface area contributed by atoms with Crippen molar-refractivity contribution in [3.05, 3.63) is 77.5 Å². The number of anilines is 1. The first kappa shape index (κ1) is 21.1. The molecule has 0 aliphatic rings. The van der Waals surface area contributed by atoms with Crippen LogP contribution in [-0.2, 0) is 4.79 Å².